The molecule has 5 heteroatoms. The van der Waals surface area contributed by atoms with E-state index in [2.05, 4.69) is 9.97 Å². The van der Waals surface area contributed by atoms with E-state index in [1.54, 1.807) is 18.9 Å². The van der Waals surface area contributed by atoms with Crippen molar-refractivity contribution in [2.45, 2.75) is 19.4 Å². The predicted molar refractivity (Wildman–Crippen MR) is 51.6 cm³/mol. The Labute approximate surface area is 82.4 Å². The van der Waals surface area contributed by atoms with Crippen molar-refractivity contribution in [2.24, 2.45) is 0 Å². The van der Waals surface area contributed by atoms with Gasteiger partial charge in [0.05, 0.1) is 18.5 Å². The second kappa shape index (κ2) is 4.85. The molecule has 1 unspecified atom stereocenters. The monoisotopic (exact) mass is 199 g/mol. The van der Waals surface area contributed by atoms with Crippen LogP contribution in [0.5, 0.6) is 0 Å². The Hall–Kier alpha value is -1.23. The number of rotatable bonds is 4. The van der Waals surface area contributed by atoms with Gasteiger partial charge in [0.25, 0.3) is 0 Å². The zero-order chi connectivity index (χ0) is 10.6. The molecule has 1 heterocycles. The van der Waals surface area contributed by atoms with Crippen LogP contribution in [0.4, 0.5) is 10.3 Å². The molecule has 0 saturated heterocycles. The molecule has 0 fully saturated rings. The van der Waals surface area contributed by atoms with Gasteiger partial charge in [-0.05, 0) is 13.3 Å². The summed E-state index contributed by atoms with van der Waals surface area (Å²) in [6.07, 6.45) is 2.54. The van der Waals surface area contributed by atoms with E-state index in [0.717, 1.165) is 12.4 Å². The summed E-state index contributed by atoms with van der Waals surface area (Å²) in [4.78, 5) is 9.40. The van der Waals surface area contributed by atoms with E-state index in [4.69, 9.17) is 5.11 Å². The van der Waals surface area contributed by atoms with Crippen LogP contribution in [0.2, 0.25) is 0 Å². The van der Waals surface area contributed by atoms with Crippen LogP contribution in [0.15, 0.2) is 12.4 Å². The molecule has 0 saturated carbocycles. The van der Waals surface area contributed by atoms with E-state index >= 15 is 0 Å². The molecule has 4 nitrogen and oxygen atoms in total. The lowest BCUT2D eigenvalue weighted by Crippen LogP contribution is -2.23. The maximum atomic E-state index is 12.5. The summed E-state index contributed by atoms with van der Waals surface area (Å²) in [5.74, 6) is 0.0183. The first-order valence-corrected chi connectivity index (χ1v) is 4.46. The van der Waals surface area contributed by atoms with Crippen molar-refractivity contribution in [1.29, 1.82) is 0 Å². The Morgan fingerprint density at radius 2 is 2.07 bits per heavy atom. The number of anilines is 1. The Morgan fingerprint density at radius 3 is 2.57 bits per heavy atom. The largest absolute Gasteiger partial charge is 0.393 e. The van der Waals surface area contributed by atoms with E-state index in [-0.39, 0.29) is 6.10 Å². The third-order valence-corrected chi connectivity index (χ3v) is 1.83. The summed E-state index contributed by atoms with van der Waals surface area (Å²) in [5.41, 5.74) is 0. The Bertz CT molecular complexity index is 276. The van der Waals surface area contributed by atoms with Gasteiger partial charge in [-0.15, -0.1) is 0 Å². The summed E-state index contributed by atoms with van der Waals surface area (Å²) < 4.78 is 12.5. The zero-order valence-electron chi connectivity index (χ0n) is 8.31. The van der Waals surface area contributed by atoms with E-state index in [1.807, 2.05) is 0 Å². The number of hydrogen-bond acceptors (Lipinski definition) is 4. The molecule has 0 spiro atoms. The van der Waals surface area contributed by atoms with E-state index in [1.165, 1.54) is 0 Å². The third kappa shape index (κ3) is 3.26. The van der Waals surface area contributed by atoms with Crippen molar-refractivity contribution in [3.8, 4) is 0 Å². The fourth-order valence-electron chi connectivity index (χ4n) is 0.983. The molecule has 0 amide bonds. The van der Waals surface area contributed by atoms with Gasteiger partial charge in [0, 0.05) is 13.6 Å². The standard InChI is InChI=1S/C9H14FN3O/c1-7(14)3-4-13(2)9-11-5-8(10)6-12-9/h5-7,14H,3-4H2,1-2H3. The maximum Gasteiger partial charge on any atom is 0.225 e. The number of aliphatic hydroxyl groups is 1. The molecule has 0 radical (unpaired) electrons. The summed E-state index contributed by atoms with van der Waals surface area (Å²) >= 11 is 0. The fraction of sp³-hybridized carbons (Fsp3) is 0.556. The first-order chi connectivity index (χ1) is 6.59. The molecule has 0 aromatic carbocycles. The van der Waals surface area contributed by atoms with Gasteiger partial charge in [-0.1, -0.05) is 0 Å². The van der Waals surface area contributed by atoms with Crippen molar-refractivity contribution in [1.82, 2.24) is 9.97 Å². The van der Waals surface area contributed by atoms with Crippen molar-refractivity contribution in [3.05, 3.63) is 18.2 Å². The van der Waals surface area contributed by atoms with Gasteiger partial charge in [-0.25, -0.2) is 14.4 Å². The number of halogens is 1. The average Bonchev–Trinajstić information content (AvgIpc) is 2.15. The van der Waals surface area contributed by atoms with E-state index < -0.39 is 5.82 Å². The van der Waals surface area contributed by atoms with Crippen LogP contribution in [-0.4, -0.2) is 34.8 Å². The molecular weight excluding hydrogens is 185 g/mol. The van der Waals surface area contributed by atoms with Gasteiger partial charge in [0.1, 0.15) is 0 Å². The molecule has 1 rings (SSSR count). The number of aromatic nitrogens is 2. The molecule has 1 aromatic heterocycles. The highest BCUT2D eigenvalue weighted by Gasteiger charge is 2.05. The average molecular weight is 199 g/mol. The molecule has 0 aliphatic carbocycles. The van der Waals surface area contributed by atoms with Gasteiger partial charge >= 0.3 is 0 Å². The van der Waals surface area contributed by atoms with Crippen molar-refractivity contribution in [3.63, 3.8) is 0 Å². The first-order valence-electron chi connectivity index (χ1n) is 4.46. The third-order valence-electron chi connectivity index (χ3n) is 1.83. The van der Waals surface area contributed by atoms with Gasteiger partial charge in [-0.2, -0.15) is 0 Å². The van der Waals surface area contributed by atoms with Crippen LogP contribution in [0, 0.1) is 5.82 Å². The fourth-order valence-corrected chi connectivity index (χ4v) is 0.983. The SMILES string of the molecule is CC(O)CCN(C)c1ncc(F)cn1. The van der Waals surface area contributed by atoms with Gasteiger partial charge in [0.15, 0.2) is 5.82 Å². The van der Waals surface area contributed by atoms with Crippen molar-refractivity contribution < 1.29 is 9.50 Å². The topological polar surface area (TPSA) is 49.2 Å². The highest BCUT2D eigenvalue weighted by Crippen LogP contribution is 2.05. The van der Waals surface area contributed by atoms with Crippen LogP contribution in [0.3, 0.4) is 0 Å². The van der Waals surface area contributed by atoms with Crippen LogP contribution in [0.25, 0.3) is 0 Å². The van der Waals surface area contributed by atoms with Crippen molar-refractivity contribution in [2.75, 3.05) is 18.5 Å². The molecule has 14 heavy (non-hydrogen) atoms. The Kier molecular flexibility index (Phi) is 3.76. The van der Waals surface area contributed by atoms with Gasteiger partial charge in [-0.3, -0.25) is 0 Å². The maximum absolute atomic E-state index is 12.5. The smallest absolute Gasteiger partial charge is 0.225 e. The molecule has 1 aromatic rings. The molecule has 1 atom stereocenters. The Morgan fingerprint density at radius 1 is 1.50 bits per heavy atom. The second-order valence-electron chi connectivity index (χ2n) is 3.26. The minimum Gasteiger partial charge on any atom is -0.393 e. The summed E-state index contributed by atoms with van der Waals surface area (Å²) in [6, 6.07) is 0. The first kappa shape index (κ1) is 10.8. The summed E-state index contributed by atoms with van der Waals surface area (Å²) in [6.45, 7) is 2.36. The number of hydrogen-bond donors (Lipinski definition) is 1. The molecular formula is C9H14FN3O. The number of aliphatic hydroxyl groups excluding tert-OH is 1. The van der Waals surface area contributed by atoms with Crippen LogP contribution < -0.4 is 4.90 Å². The number of nitrogens with zero attached hydrogens (tertiary/aromatic N) is 3. The highest BCUT2D eigenvalue weighted by atomic mass is 19.1. The lowest BCUT2D eigenvalue weighted by molar-refractivity contribution is 0.186. The molecule has 0 bridgehead atoms. The highest BCUT2D eigenvalue weighted by molar-refractivity contribution is 5.26. The molecule has 1 N–H and O–H groups in total. The molecule has 0 aliphatic heterocycles. The van der Waals surface area contributed by atoms with E-state index in [9.17, 15) is 4.39 Å². The normalized spacial score (nSPS) is 12.6. The second-order valence-corrected chi connectivity index (χ2v) is 3.26. The predicted octanol–water partition coefficient (Wildman–Crippen LogP) is 0.823. The van der Waals surface area contributed by atoms with Crippen LogP contribution in [0.1, 0.15) is 13.3 Å². The zero-order valence-corrected chi connectivity index (χ0v) is 8.31. The summed E-state index contributed by atoms with van der Waals surface area (Å²) in [5, 5.41) is 9.06. The quantitative estimate of drug-likeness (QED) is 0.780. The minimum atomic E-state index is -0.447. The Balaban J connectivity index is 2.52. The lowest BCUT2D eigenvalue weighted by atomic mass is 10.3. The van der Waals surface area contributed by atoms with Crippen LogP contribution in [-0.2, 0) is 0 Å². The molecule has 0 aliphatic rings. The van der Waals surface area contributed by atoms with Gasteiger partial charge in [0.2, 0.25) is 5.95 Å². The molecule has 78 valence electrons. The van der Waals surface area contributed by atoms with Crippen LogP contribution >= 0.6 is 0 Å². The van der Waals surface area contributed by atoms with E-state index in [0.29, 0.717) is 18.9 Å². The van der Waals surface area contributed by atoms with Crippen molar-refractivity contribution >= 4 is 5.95 Å². The minimum absolute atomic E-state index is 0.349. The van der Waals surface area contributed by atoms with Gasteiger partial charge < -0.3 is 10.0 Å². The lowest BCUT2D eigenvalue weighted by Gasteiger charge is -2.17. The summed E-state index contributed by atoms with van der Waals surface area (Å²) in [7, 11) is 1.80.